The lowest BCUT2D eigenvalue weighted by Gasteiger charge is -2.23. The van der Waals surface area contributed by atoms with Crippen LogP contribution in [0.2, 0.25) is 0 Å². The van der Waals surface area contributed by atoms with Gasteiger partial charge in [0.2, 0.25) is 0 Å². The van der Waals surface area contributed by atoms with E-state index in [1.54, 1.807) is 7.11 Å². The third-order valence-electron chi connectivity index (χ3n) is 5.28. The van der Waals surface area contributed by atoms with Crippen molar-refractivity contribution in [3.8, 4) is 5.75 Å². The Kier molecular flexibility index (Phi) is 5.21. The zero-order valence-corrected chi connectivity index (χ0v) is 16.1. The zero-order valence-electron chi connectivity index (χ0n) is 16.1. The third-order valence-corrected chi connectivity index (χ3v) is 5.28. The van der Waals surface area contributed by atoms with Crippen molar-refractivity contribution >= 4 is 16.7 Å². The summed E-state index contributed by atoms with van der Waals surface area (Å²) in [4.78, 5) is 14.0. The second-order valence-electron chi connectivity index (χ2n) is 7.15. The molecule has 3 heterocycles. The Labute approximate surface area is 160 Å². The molecule has 1 saturated heterocycles. The van der Waals surface area contributed by atoms with Gasteiger partial charge in [0.05, 0.1) is 12.6 Å². The van der Waals surface area contributed by atoms with Gasteiger partial charge < -0.3 is 9.64 Å². The molecule has 0 spiro atoms. The minimum Gasteiger partial charge on any atom is -0.497 e. The van der Waals surface area contributed by atoms with Crippen LogP contribution < -0.4 is 9.64 Å². The number of nitrogens with zero attached hydrogens (tertiary/aromatic N) is 4. The van der Waals surface area contributed by atoms with Gasteiger partial charge in [0.15, 0.2) is 0 Å². The Morgan fingerprint density at radius 1 is 1.00 bits per heavy atom. The van der Waals surface area contributed by atoms with Gasteiger partial charge in [-0.05, 0) is 54.8 Å². The van der Waals surface area contributed by atoms with Crippen molar-refractivity contribution in [2.75, 3.05) is 38.2 Å². The Hall–Kier alpha value is -2.66. The maximum absolute atomic E-state index is 5.37. The van der Waals surface area contributed by atoms with E-state index in [4.69, 9.17) is 9.72 Å². The molecule has 0 amide bonds. The van der Waals surface area contributed by atoms with Crippen LogP contribution in [-0.4, -0.2) is 48.2 Å². The quantitative estimate of drug-likeness (QED) is 0.708. The average Bonchev–Trinajstić information content (AvgIpc) is 2.94. The molecule has 1 aliphatic rings. The van der Waals surface area contributed by atoms with Gasteiger partial charge in [0.1, 0.15) is 11.6 Å². The van der Waals surface area contributed by atoms with E-state index in [2.05, 4.69) is 46.0 Å². The van der Waals surface area contributed by atoms with Crippen LogP contribution in [0.5, 0.6) is 5.75 Å². The van der Waals surface area contributed by atoms with E-state index in [1.165, 1.54) is 16.5 Å². The van der Waals surface area contributed by atoms with Crippen molar-refractivity contribution < 1.29 is 4.74 Å². The van der Waals surface area contributed by atoms with Crippen molar-refractivity contribution in [1.82, 2.24) is 14.9 Å². The van der Waals surface area contributed by atoms with Crippen LogP contribution in [-0.2, 0) is 6.54 Å². The predicted molar refractivity (Wildman–Crippen MR) is 109 cm³/mol. The summed E-state index contributed by atoms with van der Waals surface area (Å²) in [7, 11) is 1.70. The standard InChI is InChI=1S/C22H26N4O/c1-17-14-22(24-21-15-19(27-2)4-5-20(17)21)26-11-3-10-25(12-13-26)16-18-6-8-23-9-7-18/h4-9,14-15H,3,10-13,16H2,1-2H3. The molecule has 0 radical (unpaired) electrons. The highest BCUT2D eigenvalue weighted by molar-refractivity contribution is 5.85. The van der Waals surface area contributed by atoms with Crippen LogP contribution in [0.1, 0.15) is 17.5 Å². The molecule has 27 heavy (non-hydrogen) atoms. The molecule has 0 N–H and O–H groups in total. The van der Waals surface area contributed by atoms with E-state index >= 15 is 0 Å². The van der Waals surface area contributed by atoms with Gasteiger partial charge in [-0.25, -0.2) is 4.98 Å². The number of aryl methyl sites for hydroxylation is 1. The molecule has 2 aromatic heterocycles. The van der Waals surface area contributed by atoms with E-state index in [1.807, 2.05) is 24.5 Å². The number of methoxy groups -OCH3 is 1. The van der Waals surface area contributed by atoms with Crippen molar-refractivity contribution in [2.24, 2.45) is 0 Å². The first-order chi connectivity index (χ1) is 13.2. The molecular weight excluding hydrogens is 336 g/mol. The Bertz CT molecular complexity index is 913. The fourth-order valence-corrected chi connectivity index (χ4v) is 3.76. The number of aromatic nitrogens is 2. The fraction of sp³-hybridized carbons (Fsp3) is 0.364. The maximum Gasteiger partial charge on any atom is 0.129 e. The normalized spacial score (nSPS) is 15.7. The monoisotopic (exact) mass is 362 g/mol. The topological polar surface area (TPSA) is 41.5 Å². The minimum absolute atomic E-state index is 0.853. The Morgan fingerprint density at radius 3 is 2.67 bits per heavy atom. The number of anilines is 1. The highest BCUT2D eigenvalue weighted by atomic mass is 16.5. The molecule has 1 aliphatic heterocycles. The Balaban J connectivity index is 1.51. The number of fused-ring (bicyclic) bond motifs is 1. The molecule has 5 nitrogen and oxygen atoms in total. The van der Waals surface area contributed by atoms with Crippen LogP contribution in [0.3, 0.4) is 0 Å². The van der Waals surface area contributed by atoms with E-state index in [9.17, 15) is 0 Å². The van der Waals surface area contributed by atoms with Crippen LogP contribution in [0.4, 0.5) is 5.82 Å². The van der Waals surface area contributed by atoms with E-state index in [0.717, 1.165) is 56.2 Å². The lowest BCUT2D eigenvalue weighted by molar-refractivity contribution is 0.285. The largest absolute Gasteiger partial charge is 0.497 e. The first-order valence-corrected chi connectivity index (χ1v) is 9.54. The second-order valence-corrected chi connectivity index (χ2v) is 7.15. The molecule has 140 valence electrons. The highest BCUT2D eigenvalue weighted by Gasteiger charge is 2.17. The molecule has 0 aliphatic carbocycles. The number of ether oxygens (including phenoxy) is 1. The minimum atomic E-state index is 0.853. The number of benzene rings is 1. The van der Waals surface area contributed by atoms with E-state index in [0.29, 0.717) is 0 Å². The summed E-state index contributed by atoms with van der Waals surface area (Å²) in [5.41, 5.74) is 3.59. The summed E-state index contributed by atoms with van der Waals surface area (Å²) in [6, 6.07) is 12.5. The highest BCUT2D eigenvalue weighted by Crippen LogP contribution is 2.26. The molecule has 1 aromatic carbocycles. The van der Waals surface area contributed by atoms with E-state index in [-0.39, 0.29) is 0 Å². The summed E-state index contributed by atoms with van der Waals surface area (Å²) >= 11 is 0. The summed E-state index contributed by atoms with van der Waals surface area (Å²) in [6.45, 7) is 7.32. The summed E-state index contributed by atoms with van der Waals surface area (Å²) in [5, 5.41) is 1.19. The first-order valence-electron chi connectivity index (χ1n) is 9.54. The number of rotatable bonds is 4. The molecule has 3 aromatic rings. The molecular formula is C22H26N4O. The first kappa shape index (κ1) is 17.7. The third kappa shape index (κ3) is 4.03. The lowest BCUT2D eigenvalue weighted by atomic mass is 10.1. The van der Waals surface area contributed by atoms with Crippen LogP contribution in [0.25, 0.3) is 10.9 Å². The smallest absolute Gasteiger partial charge is 0.129 e. The molecule has 5 heteroatoms. The molecule has 4 rings (SSSR count). The molecule has 1 fully saturated rings. The number of hydrogen-bond donors (Lipinski definition) is 0. The zero-order chi connectivity index (χ0) is 18.6. The van der Waals surface area contributed by atoms with Crippen LogP contribution in [0, 0.1) is 6.92 Å². The summed E-state index contributed by atoms with van der Waals surface area (Å²) in [5.74, 6) is 1.92. The SMILES string of the molecule is COc1ccc2c(C)cc(N3CCCN(Cc4ccncc4)CC3)nc2c1. The molecule has 0 bridgehead atoms. The van der Waals surface area contributed by atoms with Crippen LogP contribution in [0.15, 0.2) is 48.8 Å². The summed E-state index contributed by atoms with van der Waals surface area (Å²) < 4.78 is 5.37. The average molecular weight is 362 g/mol. The maximum atomic E-state index is 5.37. The molecule has 0 saturated carbocycles. The van der Waals surface area contributed by atoms with Gasteiger partial charge in [0.25, 0.3) is 0 Å². The van der Waals surface area contributed by atoms with Gasteiger partial charge in [-0.1, -0.05) is 0 Å². The predicted octanol–water partition coefficient (Wildman–Crippen LogP) is 3.66. The van der Waals surface area contributed by atoms with Crippen molar-refractivity contribution in [1.29, 1.82) is 0 Å². The van der Waals surface area contributed by atoms with Gasteiger partial charge in [0, 0.05) is 56.6 Å². The summed E-state index contributed by atoms with van der Waals surface area (Å²) in [6.07, 6.45) is 4.88. The van der Waals surface area contributed by atoms with Crippen molar-refractivity contribution in [3.05, 3.63) is 59.9 Å². The molecule has 0 atom stereocenters. The van der Waals surface area contributed by atoms with Gasteiger partial charge in [-0.2, -0.15) is 0 Å². The van der Waals surface area contributed by atoms with Crippen LogP contribution >= 0.6 is 0 Å². The second kappa shape index (κ2) is 7.92. The van der Waals surface area contributed by atoms with Crippen molar-refractivity contribution in [2.45, 2.75) is 19.9 Å². The number of pyridine rings is 2. The van der Waals surface area contributed by atoms with E-state index < -0.39 is 0 Å². The Morgan fingerprint density at radius 2 is 1.85 bits per heavy atom. The number of hydrogen-bond acceptors (Lipinski definition) is 5. The van der Waals surface area contributed by atoms with Gasteiger partial charge in [-0.15, -0.1) is 0 Å². The van der Waals surface area contributed by atoms with Gasteiger partial charge in [-0.3, -0.25) is 9.88 Å². The van der Waals surface area contributed by atoms with Gasteiger partial charge >= 0.3 is 0 Å². The molecule has 0 unspecified atom stereocenters. The van der Waals surface area contributed by atoms with Crippen molar-refractivity contribution in [3.63, 3.8) is 0 Å². The lowest BCUT2D eigenvalue weighted by Crippen LogP contribution is -2.31. The fourth-order valence-electron chi connectivity index (χ4n) is 3.76.